The van der Waals surface area contributed by atoms with Crippen LogP contribution in [0.3, 0.4) is 0 Å². The molecule has 0 aromatic heterocycles. The third kappa shape index (κ3) is 3.98. The van der Waals surface area contributed by atoms with Crippen molar-refractivity contribution in [2.24, 2.45) is 5.10 Å². The molecule has 0 unspecified atom stereocenters. The second kappa shape index (κ2) is 7.46. The normalized spacial score (nSPS) is 15.8. The Kier molecular flexibility index (Phi) is 4.88. The highest BCUT2D eigenvalue weighted by Crippen LogP contribution is 2.15. The van der Waals surface area contributed by atoms with Gasteiger partial charge < -0.3 is 4.90 Å². The van der Waals surface area contributed by atoms with Gasteiger partial charge >= 0.3 is 0 Å². The van der Waals surface area contributed by atoms with E-state index >= 15 is 0 Å². The van der Waals surface area contributed by atoms with E-state index in [4.69, 9.17) is 0 Å². The minimum absolute atomic E-state index is 0.963. The fraction of sp³-hybridized carbons (Fsp3) is 0.211. The zero-order valence-corrected chi connectivity index (χ0v) is 12.7. The van der Waals surface area contributed by atoms with E-state index in [-0.39, 0.29) is 0 Å². The van der Waals surface area contributed by atoms with E-state index in [9.17, 15) is 0 Å². The van der Waals surface area contributed by atoms with E-state index in [2.05, 4.69) is 63.6 Å². The summed E-state index contributed by atoms with van der Waals surface area (Å²) in [5.74, 6) is 0. The first-order valence-electron chi connectivity index (χ1n) is 7.72. The Hall–Kier alpha value is -2.55. The molecule has 3 nitrogen and oxygen atoms in total. The minimum Gasteiger partial charge on any atom is -0.368 e. The molecule has 0 saturated carbocycles. The number of nitrogens with zero attached hydrogens (tertiary/aromatic N) is 3. The lowest BCUT2D eigenvalue weighted by Crippen LogP contribution is -2.44. The molecule has 0 aliphatic carbocycles. The number of piperazine rings is 1. The molecule has 1 aliphatic rings. The van der Waals surface area contributed by atoms with Crippen LogP contribution in [-0.4, -0.2) is 37.4 Å². The average Bonchev–Trinajstić information content (AvgIpc) is 2.61. The molecule has 1 heterocycles. The Morgan fingerprint density at radius 3 is 2.09 bits per heavy atom. The molecule has 0 spiro atoms. The van der Waals surface area contributed by atoms with Gasteiger partial charge in [0, 0.05) is 25.0 Å². The van der Waals surface area contributed by atoms with Gasteiger partial charge in [-0.1, -0.05) is 54.6 Å². The smallest absolute Gasteiger partial charge is 0.0536 e. The molecular weight excluding hydrogens is 270 g/mol. The summed E-state index contributed by atoms with van der Waals surface area (Å²) in [4.78, 5) is 2.41. The molecule has 0 bridgehead atoms. The molecule has 1 fully saturated rings. The molecule has 1 aliphatic heterocycles. The number of rotatable bonds is 4. The van der Waals surface area contributed by atoms with Crippen LogP contribution in [0.5, 0.6) is 0 Å². The van der Waals surface area contributed by atoms with Crippen LogP contribution in [0, 0.1) is 0 Å². The number of para-hydroxylation sites is 1. The summed E-state index contributed by atoms with van der Waals surface area (Å²) in [6, 6.07) is 20.9. The Morgan fingerprint density at radius 2 is 1.41 bits per heavy atom. The Labute approximate surface area is 132 Å². The number of hydrogen-bond acceptors (Lipinski definition) is 3. The van der Waals surface area contributed by atoms with Gasteiger partial charge in [0.25, 0.3) is 0 Å². The van der Waals surface area contributed by atoms with Crippen molar-refractivity contribution < 1.29 is 0 Å². The lowest BCUT2D eigenvalue weighted by molar-refractivity contribution is 0.272. The van der Waals surface area contributed by atoms with Crippen molar-refractivity contribution in [2.45, 2.75) is 0 Å². The second-order valence-electron chi connectivity index (χ2n) is 5.31. The molecule has 3 rings (SSSR count). The van der Waals surface area contributed by atoms with Crippen molar-refractivity contribution in [1.82, 2.24) is 5.01 Å². The summed E-state index contributed by atoms with van der Waals surface area (Å²) < 4.78 is 0. The number of benzene rings is 2. The van der Waals surface area contributed by atoms with Gasteiger partial charge in [-0.25, -0.2) is 0 Å². The largest absolute Gasteiger partial charge is 0.368 e. The van der Waals surface area contributed by atoms with E-state index in [1.54, 1.807) is 0 Å². The van der Waals surface area contributed by atoms with Crippen LogP contribution < -0.4 is 4.90 Å². The van der Waals surface area contributed by atoms with Crippen molar-refractivity contribution >= 4 is 18.0 Å². The zero-order valence-electron chi connectivity index (χ0n) is 12.7. The van der Waals surface area contributed by atoms with Gasteiger partial charge in [0.1, 0.15) is 0 Å². The second-order valence-corrected chi connectivity index (χ2v) is 5.31. The van der Waals surface area contributed by atoms with Gasteiger partial charge in [-0.3, -0.25) is 5.01 Å². The van der Waals surface area contributed by atoms with E-state index < -0.39 is 0 Å². The molecule has 0 atom stereocenters. The molecule has 3 heteroatoms. The predicted octanol–water partition coefficient (Wildman–Crippen LogP) is 3.51. The first-order valence-corrected chi connectivity index (χ1v) is 7.72. The van der Waals surface area contributed by atoms with Crippen LogP contribution in [-0.2, 0) is 0 Å². The third-order valence-corrected chi connectivity index (χ3v) is 3.78. The molecule has 112 valence electrons. The standard InChI is InChI=1S/C19H21N3/c1-3-8-18(9-4-1)10-7-13-20-22-16-14-21(15-17-22)19-11-5-2-6-12-19/h1-13H,14-17H2. The van der Waals surface area contributed by atoms with E-state index in [1.807, 2.05) is 30.5 Å². The van der Waals surface area contributed by atoms with Crippen molar-refractivity contribution in [1.29, 1.82) is 0 Å². The molecule has 0 N–H and O–H groups in total. The predicted molar refractivity (Wildman–Crippen MR) is 94.2 cm³/mol. The van der Waals surface area contributed by atoms with Crippen molar-refractivity contribution in [2.75, 3.05) is 31.1 Å². The van der Waals surface area contributed by atoms with Gasteiger partial charge in [-0.2, -0.15) is 5.10 Å². The van der Waals surface area contributed by atoms with Crippen LogP contribution in [0.1, 0.15) is 5.56 Å². The highest BCUT2D eigenvalue weighted by molar-refractivity contribution is 5.77. The van der Waals surface area contributed by atoms with Crippen molar-refractivity contribution in [3.05, 3.63) is 72.3 Å². The molecule has 2 aromatic carbocycles. The number of allylic oxidation sites excluding steroid dienone is 1. The molecule has 0 radical (unpaired) electrons. The summed E-state index contributed by atoms with van der Waals surface area (Å²) in [7, 11) is 0. The highest BCUT2D eigenvalue weighted by Gasteiger charge is 2.14. The first-order chi connectivity index (χ1) is 10.9. The van der Waals surface area contributed by atoms with Gasteiger partial charge in [0.05, 0.1) is 13.1 Å². The number of hydrazone groups is 1. The summed E-state index contributed by atoms with van der Waals surface area (Å²) in [6.45, 7) is 3.96. The van der Waals surface area contributed by atoms with Gasteiger partial charge in [-0.05, 0) is 23.8 Å². The maximum absolute atomic E-state index is 4.52. The van der Waals surface area contributed by atoms with E-state index in [1.165, 1.54) is 11.3 Å². The molecule has 2 aromatic rings. The van der Waals surface area contributed by atoms with Crippen LogP contribution in [0.2, 0.25) is 0 Å². The summed E-state index contributed by atoms with van der Waals surface area (Å²) in [6.07, 6.45) is 5.95. The summed E-state index contributed by atoms with van der Waals surface area (Å²) >= 11 is 0. The van der Waals surface area contributed by atoms with Crippen molar-refractivity contribution in [3.63, 3.8) is 0 Å². The number of hydrogen-bond donors (Lipinski definition) is 0. The van der Waals surface area contributed by atoms with Crippen LogP contribution in [0.15, 0.2) is 71.8 Å². The lowest BCUT2D eigenvalue weighted by atomic mass is 10.2. The SMILES string of the molecule is C(=Cc1ccccc1)C=NN1CCN(c2ccccc2)CC1. The summed E-state index contributed by atoms with van der Waals surface area (Å²) in [5.41, 5.74) is 2.50. The fourth-order valence-electron chi connectivity index (χ4n) is 2.56. The monoisotopic (exact) mass is 291 g/mol. The van der Waals surface area contributed by atoms with Gasteiger partial charge in [0.15, 0.2) is 0 Å². The van der Waals surface area contributed by atoms with E-state index in [0.717, 1.165) is 26.2 Å². The third-order valence-electron chi connectivity index (χ3n) is 3.78. The first kappa shape index (κ1) is 14.4. The van der Waals surface area contributed by atoms with Crippen LogP contribution in [0.4, 0.5) is 5.69 Å². The maximum atomic E-state index is 4.52. The molecule has 0 amide bonds. The van der Waals surface area contributed by atoms with E-state index in [0.29, 0.717) is 0 Å². The number of anilines is 1. The Balaban J connectivity index is 1.48. The van der Waals surface area contributed by atoms with Crippen LogP contribution in [0.25, 0.3) is 6.08 Å². The quantitative estimate of drug-likeness (QED) is 0.803. The maximum Gasteiger partial charge on any atom is 0.0536 e. The molecule has 1 saturated heterocycles. The van der Waals surface area contributed by atoms with Gasteiger partial charge in [-0.15, -0.1) is 0 Å². The highest BCUT2D eigenvalue weighted by atomic mass is 15.5. The topological polar surface area (TPSA) is 18.8 Å². The zero-order chi connectivity index (χ0) is 15.0. The summed E-state index contributed by atoms with van der Waals surface area (Å²) in [5, 5.41) is 6.65. The minimum atomic E-state index is 0.963. The fourth-order valence-corrected chi connectivity index (χ4v) is 2.56. The van der Waals surface area contributed by atoms with Crippen LogP contribution >= 0.6 is 0 Å². The molecular formula is C19H21N3. The van der Waals surface area contributed by atoms with Gasteiger partial charge in [0.2, 0.25) is 0 Å². The average molecular weight is 291 g/mol. The lowest BCUT2D eigenvalue weighted by Gasteiger charge is -2.34. The van der Waals surface area contributed by atoms with Crippen molar-refractivity contribution in [3.8, 4) is 0 Å². The Bertz CT molecular complexity index is 612. The molecule has 22 heavy (non-hydrogen) atoms. The Morgan fingerprint density at radius 1 is 0.773 bits per heavy atom.